The maximum atomic E-state index is 11.0. The molecule has 0 radical (unpaired) electrons. The Balaban J connectivity index is 1.42. The van der Waals surface area contributed by atoms with Gasteiger partial charge in [-0.05, 0) is 251 Å². The van der Waals surface area contributed by atoms with Crippen LogP contribution in [0.1, 0.15) is 187 Å². The van der Waals surface area contributed by atoms with Crippen molar-refractivity contribution in [2.45, 2.75) is 157 Å². The van der Waals surface area contributed by atoms with E-state index < -0.39 is 68.7 Å². The third-order valence-corrected chi connectivity index (χ3v) is 15.5. The molecule has 0 aliphatic rings. The van der Waals surface area contributed by atoms with Crippen LogP contribution in [0.4, 0.5) is 0 Å². The minimum Gasteiger partial charge on any atom is -0.0561 e. The topological polar surface area (TPSA) is 0 Å². The predicted octanol–water partition coefficient (Wildman–Crippen LogP) is 23.2. The second-order valence-corrected chi connectivity index (χ2v) is 28.0. The summed E-state index contributed by atoms with van der Waals surface area (Å²) >= 11 is 0. The van der Waals surface area contributed by atoms with E-state index in [0.717, 1.165) is 0 Å². The Morgan fingerprint density at radius 2 is 0.397 bits per heavy atom. The first-order chi connectivity index (χ1) is 45.3. The van der Waals surface area contributed by atoms with Crippen molar-refractivity contribution in [1.29, 1.82) is 0 Å². The molecule has 0 aromatic heterocycles. The minimum atomic E-state index is -1.03. The van der Waals surface area contributed by atoms with Crippen molar-refractivity contribution in [1.82, 2.24) is 0 Å². The fraction of sp³-hybridized carbons (Fsp3) is 0.308. The molecule has 0 saturated heterocycles. The SMILES string of the molecule is [2H]c1c(C(C)(C)C)c([2H])c2c([2H])c(-c3cc(-c4c([2H])c5c([2H])c(C(C)(C)C)c([2H])c6c([2H])c([2H])c7c([2H])c(C(C)(C)C)c([2H])c4c7c65)cc(-c4c([2H])c5c([2H])c(C(C)(C)C)c([2H])c6c([2H])c([2H])c7c([2H])c(C(C)(C)C)c([2H])c4c7c65)c3)c3c([2H])c(C(C)(C)C)c([2H])c4c([2H])c([2H])c1c2c43. The van der Waals surface area contributed by atoms with Crippen LogP contribution in [0.5, 0.6) is 0 Å². The molecule has 78 heavy (non-hydrogen) atoms. The molecule has 0 fully saturated rings. The predicted molar refractivity (Wildman–Crippen MR) is 346 cm³/mol. The molecular weight excluding hydrogens is 937 g/mol. The first-order valence-electron chi connectivity index (χ1n) is 37.7. The van der Waals surface area contributed by atoms with Crippen molar-refractivity contribution in [3.05, 3.63) is 178 Å². The monoisotopic (exact) mass is 1040 g/mol. The zero-order valence-corrected chi connectivity index (χ0v) is 48.2. The first-order valence-corrected chi connectivity index (χ1v) is 27.2. The summed E-state index contributed by atoms with van der Waals surface area (Å²) in [4.78, 5) is 0. The lowest BCUT2D eigenvalue weighted by Crippen LogP contribution is -2.12. The van der Waals surface area contributed by atoms with Gasteiger partial charge in [-0.1, -0.05) is 215 Å². The van der Waals surface area contributed by atoms with Crippen LogP contribution in [0.3, 0.4) is 0 Å². The van der Waals surface area contributed by atoms with E-state index in [1.807, 2.05) is 0 Å². The molecule has 0 unspecified atom stereocenters. The summed E-state index contributed by atoms with van der Waals surface area (Å²) in [5.41, 5.74) is -5.16. The molecule has 0 atom stereocenters. The van der Waals surface area contributed by atoms with Crippen LogP contribution in [0.25, 0.3) is 130 Å². The highest BCUT2D eigenvalue weighted by Gasteiger charge is 2.28. The molecule has 0 heteroatoms. The molecule has 0 heterocycles. The smallest absolute Gasteiger partial charge is 0.0561 e. The van der Waals surface area contributed by atoms with Crippen LogP contribution in [0.2, 0.25) is 0 Å². The summed E-state index contributed by atoms with van der Waals surface area (Å²) < 4.78 is 214. The van der Waals surface area contributed by atoms with Crippen LogP contribution in [-0.4, -0.2) is 0 Å². The van der Waals surface area contributed by atoms with E-state index in [1.54, 1.807) is 143 Å². The summed E-state index contributed by atoms with van der Waals surface area (Å²) in [7, 11) is 0. The van der Waals surface area contributed by atoms with Crippen molar-refractivity contribution in [2.75, 3.05) is 0 Å². The van der Waals surface area contributed by atoms with E-state index in [-0.39, 0.29) is 254 Å². The Hall–Kier alpha value is -7.02. The van der Waals surface area contributed by atoms with Gasteiger partial charge in [0, 0.05) is 0 Å². The standard InChI is InChI=1S/C78H78/c1-73(2,3)55-28-43-19-22-46-31-58(76(10,11)12)40-64-61(37-52(34-55)67(43)70(46)64)49-25-50(62-38-53-35-56(74(4,5)6)29-44-20-23-47-32-59(77(13,14)15)41-65(62)71(47)68(44)53)27-51(26-49)63-39-54-36-57(75(7,8)9)30-45-21-24-48-33-60(78(16,17)18)42-66(63)72(48)69(45)54/h19-42H,1-18H3/i19D,20D,21D,22D,23D,24D,28D,29D,30D,31D,32D,33D,34D,35D,36D,37D,38D,39D,40D,41D,42D. The van der Waals surface area contributed by atoms with Gasteiger partial charge in [-0.2, -0.15) is 0 Å². The second-order valence-electron chi connectivity index (χ2n) is 28.0. The highest BCUT2D eigenvalue weighted by Crippen LogP contribution is 2.51. The van der Waals surface area contributed by atoms with Crippen LogP contribution in [-0.2, 0) is 32.5 Å². The van der Waals surface area contributed by atoms with Gasteiger partial charge < -0.3 is 0 Å². The molecule has 0 spiro atoms. The average molecular weight is 1040 g/mol. The lowest BCUT2D eigenvalue weighted by atomic mass is 9.78. The third kappa shape index (κ3) is 7.97. The quantitative estimate of drug-likeness (QED) is 0.155. The molecule has 0 amide bonds. The largest absolute Gasteiger partial charge is 0.0636 e. The fourth-order valence-corrected chi connectivity index (χ4v) is 11.0. The molecule has 13 aromatic carbocycles. The average Bonchev–Trinajstić information content (AvgIpc) is 0.691. The van der Waals surface area contributed by atoms with Gasteiger partial charge in [0.05, 0.1) is 28.8 Å². The Bertz CT molecular complexity index is 5310. The van der Waals surface area contributed by atoms with E-state index in [4.69, 9.17) is 0 Å². The van der Waals surface area contributed by atoms with Gasteiger partial charge in [0.2, 0.25) is 0 Å². The van der Waals surface area contributed by atoms with Crippen molar-refractivity contribution in [2.24, 2.45) is 0 Å². The van der Waals surface area contributed by atoms with Gasteiger partial charge >= 0.3 is 0 Å². The van der Waals surface area contributed by atoms with E-state index in [1.165, 1.54) is 0 Å². The second kappa shape index (κ2) is 16.3. The Morgan fingerprint density at radius 3 is 0.603 bits per heavy atom. The molecule has 0 bridgehead atoms. The van der Waals surface area contributed by atoms with Crippen LogP contribution >= 0.6 is 0 Å². The highest BCUT2D eigenvalue weighted by atomic mass is 14.3. The zero-order valence-electron chi connectivity index (χ0n) is 69.2. The maximum absolute atomic E-state index is 11.0. The number of hydrogen-bond acceptors (Lipinski definition) is 0. The Labute approximate surface area is 493 Å². The van der Waals surface area contributed by atoms with Gasteiger partial charge in [-0.25, -0.2) is 0 Å². The van der Waals surface area contributed by atoms with Crippen LogP contribution in [0, 0.1) is 0 Å². The van der Waals surface area contributed by atoms with Gasteiger partial charge in [-0.15, -0.1) is 0 Å². The van der Waals surface area contributed by atoms with Gasteiger partial charge in [0.1, 0.15) is 0 Å². The maximum Gasteiger partial charge on any atom is 0.0636 e. The fourth-order valence-electron chi connectivity index (χ4n) is 11.0. The summed E-state index contributed by atoms with van der Waals surface area (Å²) in [6, 6.07) is -1.62. The number of rotatable bonds is 3. The van der Waals surface area contributed by atoms with Crippen LogP contribution < -0.4 is 0 Å². The van der Waals surface area contributed by atoms with Gasteiger partial charge in [0.25, 0.3) is 0 Å². The zero-order chi connectivity index (χ0) is 73.6. The molecule has 0 N–H and O–H groups in total. The molecular formula is C78H78. The summed E-state index contributed by atoms with van der Waals surface area (Å²) in [5.74, 6) is 0. The van der Waals surface area contributed by atoms with Gasteiger partial charge in [-0.3, -0.25) is 0 Å². The molecule has 0 aliphatic carbocycles. The lowest BCUT2D eigenvalue weighted by Gasteiger charge is -2.26. The summed E-state index contributed by atoms with van der Waals surface area (Å²) in [5, 5.41) is -0.142. The first kappa shape index (κ1) is 32.2. The number of benzene rings is 13. The molecule has 390 valence electrons. The van der Waals surface area contributed by atoms with E-state index in [2.05, 4.69) is 0 Å². The summed E-state index contributed by atoms with van der Waals surface area (Å²) in [6.07, 6.45) is 0. The molecule has 13 rings (SSSR count). The molecule has 0 aliphatic heterocycles. The van der Waals surface area contributed by atoms with E-state index in [0.29, 0.717) is 0 Å². The third-order valence-electron chi connectivity index (χ3n) is 15.5. The van der Waals surface area contributed by atoms with E-state index >= 15 is 0 Å². The molecule has 0 saturated carbocycles. The highest BCUT2D eigenvalue weighted by molar-refractivity contribution is 6.30. The summed E-state index contributed by atoms with van der Waals surface area (Å²) in [6.45, 7) is 32.4. The number of hydrogen-bond donors (Lipinski definition) is 0. The Morgan fingerprint density at radius 1 is 0.218 bits per heavy atom. The molecule has 0 nitrogen and oxygen atoms in total. The minimum absolute atomic E-state index is 0.000392. The van der Waals surface area contributed by atoms with Gasteiger partial charge in [0.15, 0.2) is 0 Å². The normalized spacial score (nSPS) is 17.5. The van der Waals surface area contributed by atoms with E-state index in [9.17, 15) is 28.8 Å². The van der Waals surface area contributed by atoms with Crippen molar-refractivity contribution >= 4 is 97.0 Å². The lowest BCUT2D eigenvalue weighted by molar-refractivity contribution is 0.591. The molecule has 13 aromatic rings. The van der Waals surface area contributed by atoms with Crippen molar-refractivity contribution in [3.8, 4) is 33.4 Å². The van der Waals surface area contributed by atoms with Crippen molar-refractivity contribution < 1.29 is 28.8 Å². The Kier molecular flexibility index (Phi) is 6.71. The van der Waals surface area contributed by atoms with Crippen molar-refractivity contribution in [3.63, 3.8) is 0 Å². The van der Waals surface area contributed by atoms with Crippen LogP contribution in [0.15, 0.2) is 145 Å².